The van der Waals surface area contributed by atoms with E-state index in [2.05, 4.69) is 6.92 Å². The highest BCUT2D eigenvalue weighted by molar-refractivity contribution is 8.01. The van der Waals surface area contributed by atoms with Gasteiger partial charge >= 0.3 is 6.09 Å². The predicted molar refractivity (Wildman–Crippen MR) is 85.9 cm³/mol. The Balaban J connectivity index is 1.60. The van der Waals surface area contributed by atoms with E-state index in [-0.39, 0.29) is 28.8 Å². The predicted octanol–water partition coefficient (Wildman–Crippen LogP) is 0.741. The van der Waals surface area contributed by atoms with Crippen LogP contribution in [0.5, 0.6) is 0 Å². The molecule has 7 nitrogen and oxygen atoms in total. The van der Waals surface area contributed by atoms with E-state index < -0.39 is 0 Å². The van der Waals surface area contributed by atoms with Crippen molar-refractivity contribution in [3.05, 3.63) is 0 Å². The normalized spacial score (nSPS) is 30.6. The number of ether oxygens (including phenoxy) is 1. The summed E-state index contributed by atoms with van der Waals surface area (Å²) < 4.78 is 4.99. The van der Waals surface area contributed by atoms with Gasteiger partial charge in [-0.25, -0.2) is 4.79 Å². The summed E-state index contributed by atoms with van der Waals surface area (Å²) in [5, 5.41) is 0. The first-order chi connectivity index (χ1) is 11.0. The van der Waals surface area contributed by atoms with Crippen LogP contribution >= 0.6 is 11.8 Å². The molecule has 0 aromatic heterocycles. The van der Waals surface area contributed by atoms with Gasteiger partial charge in [0.15, 0.2) is 0 Å². The lowest BCUT2D eigenvalue weighted by Gasteiger charge is -2.37. The lowest BCUT2D eigenvalue weighted by atomic mass is 10.2. The molecule has 0 radical (unpaired) electrons. The molecular weight excluding hydrogens is 318 g/mol. The molecule has 3 fully saturated rings. The molecular formula is C15H23N3O4S. The van der Waals surface area contributed by atoms with Crippen molar-refractivity contribution < 1.29 is 19.1 Å². The smallest absolute Gasteiger partial charge is 0.409 e. The minimum atomic E-state index is -0.353. The number of rotatable bonds is 2. The van der Waals surface area contributed by atoms with Gasteiger partial charge in [-0.15, -0.1) is 11.8 Å². The Hall–Kier alpha value is -1.44. The SMILES string of the molecule is CCOC(=O)N1CCN(C(=O)C2CSC3(C)CCC(=O)N23)CC1. The summed E-state index contributed by atoms with van der Waals surface area (Å²) in [4.78, 5) is 41.6. The minimum Gasteiger partial charge on any atom is -0.450 e. The fourth-order valence-corrected chi connectivity index (χ4v) is 4.96. The van der Waals surface area contributed by atoms with Crippen LogP contribution in [-0.4, -0.2) is 82.1 Å². The van der Waals surface area contributed by atoms with E-state index >= 15 is 0 Å². The first-order valence-corrected chi connectivity index (χ1v) is 9.11. The number of amides is 3. The average Bonchev–Trinajstić information content (AvgIpc) is 3.04. The molecule has 0 aliphatic carbocycles. The van der Waals surface area contributed by atoms with E-state index in [0.29, 0.717) is 45.0 Å². The molecule has 2 atom stereocenters. The van der Waals surface area contributed by atoms with Crippen LogP contribution in [0.3, 0.4) is 0 Å². The molecule has 3 heterocycles. The number of fused-ring (bicyclic) bond motifs is 1. The number of carbonyl (C=O) groups excluding carboxylic acids is 3. The highest BCUT2D eigenvalue weighted by Crippen LogP contribution is 2.47. The van der Waals surface area contributed by atoms with E-state index in [4.69, 9.17) is 4.74 Å². The zero-order valence-corrected chi connectivity index (χ0v) is 14.4. The third-order valence-electron chi connectivity index (χ3n) is 4.85. The van der Waals surface area contributed by atoms with Crippen molar-refractivity contribution in [2.45, 2.75) is 37.6 Å². The molecule has 8 heteroatoms. The summed E-state index contributed by atoms with van der Waals surface area (Å²) in [6.45, 7) is 6.14. The fraction of sp³-hybridized carbons (Fsp3) is 0.800. The molecule has 3 aliphatic rings. The first kappa shape index (κ1) is 16.4. The molecule has 0 aromatic rings. The molecule has 2 unspecified atom stereocenters. The van der Waals surface area contributed by atoms with E-state index in [1.165, 1.54) is 0 Å². The van der Waals surface area contributed by atoms with Gasteiger partial charge in [-0.1, -0.05) is 0 Å². The number of thioether (sulfide) groups is 1. The van der Waals surface area contributed by atoms with Crippen molar-refractivity contribution in [3.8, 4) is 0 Å². The van der Waals surface area contributed by atoms with Crippen LogP contribution in [0.15, 0.2) is 0 Å². The molecule has 3 rings (SSSR count). The van der Waals surface area contributed by atoms with Gasteiger partial charge in [0.2, 0.25) is 11.8 Å². The summed E-state index contributed by atoms with van der Waals surface area (Å²) in [5.41, 5.74) is 0. The molecule has 3 aliphatic heterocycles. The fourth-order valence-electron chi connectivity index (χ4n) is 3.54. The van der Waals surface area contributed by atoms with Gasteiger partial charge in [-0.2, -0.15) is 0 Å². The maximum absolute atomic E-state index is 12.8. The summed E-state index contributed by atoms with van der Waals surface area (Å²) in [5.74, 6) is 0.764. The van der Waals surface area contributed by atoms with Gasteiger partial charge in [-0.3, -0.25) is 9.59 Å². The first-order valence-electron chi connectivity index (χ1n) is 8.13. The Morgan fingerprint density at radius 1 is 1.26 bits per heavy atom. The molecule has 128 valence electrons. The second-order valence-corrected chi connectivity index (χ2v) is 7.78. The number of carbonyl (C=O) groups is 3. The van der Waals surface area contributed by atoms with E-state index in [0.717, 1.165) is 6.42 Å². The molecule has 0 saturated carbocycles. The second kappa shape index (κ2) is 6.22. The Morgan fingerprint density at radius 3 is 2.57 bits per heavy atom. The highest BCUT2D eigenvalue weighted by atomic mass is 32.2. The van der Waals surface area contributed by atoms with Gasteiger partial charge in [0.1, 0.15) is 6.04 Å². The summed E-state index contributed by atoms with van der Waals surface area (Å²) in [6, 6.07) is -0.353. The van der Waals surface area contributed by atoms with E-state index in [1.807, 2.05) is 0 Å². The van der Waals surface area contributed by atoms with Crippen molar-refractivity contribution in [2.24, 2.45) is 0 Å². The zero-order valence-electron chi connectivity index (χ0n) is 13.6. The Kier molecular flexibility index (Phi) is 4.44. The van der Waals surface area contributed by atoms with Crippen LogP contribution in [0.25, 0.3) is 0 Å². The molecule has 3 saturated heterocycles. The van der Waals surface area contributed by atoms with Crippen LogP contribution in [0.2, 0.25) is 0 Å². The summed E-state index contributed by atoms with van der Waals surface area (Å²) in [6.07, 6.45) is 1.03. The third kappa shape index (κ3) is 2.88. The summed E-state index contributed by atoms with van der Waals surface area (Å²) in [7, 11) is 0. The van der Waals surface area contributed by atoms with E-state index in [1.54, 1.807) is 33.4 Å². The van der Waals surface area contributed by atoms with Gasteiger partial charge < -0.3 is 19.4 Å². The molecule has 3 amide bonds. The van der Waals surface area contributed by atoms with Crippen LogP contribution in [0.1, 0.15) is 26.7 Å². The van der Waals surface area contributed by atoms with Crippen LogP contribution in [0.4, 0.5) is 4.79 Å². The van der Waals surface area contributed by atoms with Gasteiger partial charge in [-0.05, 0) is 20.3 Å². The number of piperazine rings is 1. The number of hydrogen-bond acceptors (Lipinski definition) is 5. The maximum Gasteiger partial charge on any atom is 0.409 e. The highest BCUT2D eigenvalue weighted by Gasteiger charge is 2.53. The molecule has 0 aromatic carbocycles. The molecule has 0 N–H and O–H groups in total. The lowest BCUT2D eigenvalue weighted by molar-refractivity contribution is -0.144. The van der Waals surface area contributed by atoms with Crippen molar-refractivity contribution in [1.29, 1.82) is 0 Å². The Bertz CT molecular complexity index is 521. The molecule has 0 spiro atoms. The Morgan fingerprint density at radius 2 is 1.91 bits per heavy atom. The maximum atomic E-state index is 12.8. The number of nitrogens with zero attached hydrogens (tertiary/aromatic N) is 3. The second-order valence-electron chi connectivity index (χ2n) is 6.28. The minimum absolute atomic E-state index is 0.0139. The standard InChI is InChI=1S/C15H23N3O4S/c1-3-22-14(21)17-8-6-16(7-9-17)13(20)11-10-23-15(2)5-4-12(19)18(11)15/h11H,3-10H2,1-2H3. The van der Waals surface area contributed by atoms with Crippen LogP contribution in [0, 0.1) is 0 Å². The van der Waals surface area contributed by atoms with Gasteiger partial charge in [0.25, 0.3) is 0 Å². The van der Waals surface area contributed by atoms with Crippen molar-refractivity contribution in [1.82, 2.24) is 14.7 Å². The monoisotopic (exact) mass is 341 g/mol. The van der Waals surface area contributed by atoms with E-state index in [9.17, 15) is 14.4 Å². The average molecular weight is 341 g/mol. The summed E-state index contributed by atoms with van der Waals surface area (Å²) >= 11 is 1.70. The Labute approximate surface area is 140 Å². The number of hydrogen-bond donors (Lipinski definition) is 0. The molecule has 23 heavy (non-hydrogen) atoms. The largest absolute Gasteiger partial charge is 0.450 e. The lowest BCUT2D eigenvalue weighted by Crippen LogP contribution is -2.56. The van der Waals surface area contributed by atoms with Crippen molar-refractivity contribution in [3.63, 3.8) is 0 Å². The zero-order chi connectivity index (χ0) is 16.6. The molecule has 0 bridgehead atoms. The quantitative estimate of drug-likeness (QED) is 0.741. The van der Waals surface area contributed by atoms with Crippen molar-refractivity contribution in [2.75, 3.05) is 38.5 Å². The van der Waals surface area contributed by atoms with Crippen LogP contribution in [-0.2, 0) is 14.3 Å². The topological polar surface area (TPSA) is 70.2 Å². The third-order valence-corrected chi connectivity index (χ3v) is 6.35. The van der Waals surface area contributed by atoms with Crippen molar-refractivity contribution >= 4 is 29.7 Å². The van der Waals surface area contributed by atoms with Gasteiger partial charge in [0, 0.05) is 38.4 Å². The van der Waals surface area contributed by atoms with Crippen LogP contribution < -0.4 is 0 Å². The van der Waals surface area contributed by atoms with Gasteiger partial charge in [0.05, 0.1) is 11.5 Å².